The van der Waals surface area contributed by atoms with Gasteiger partial charge in [0.1, 0.15) is 17.1 Å². The summed E-state index contributed by atoms with van der Waals surface area (Å²) in [6.45, 7) is 8.42. The molecular weight excluding hydrogens is 490 g/mol. The molecule has 0 saturated carbocycles. The second-order valence-corrected chi connectivity index (χ2v) is 10.6. The SMILES string of the molecule is Cc1oc(Cc2cccc(Cl)c2)nc1-c1ccc(/C=C/C(=O)NC2CCN(C(=O)OC(C)(C)C)C2)cc1. The normalized spacial score (nSPS) is 15.8. The Morgan fingerprint density at radius 3 is 2.68 bits per heavy atom. The predicted octanol–water partition coefficient (Wildman–Crippen LogP) is 6.03. The Hall–Kier alpha value is -3.58. The number of aromatic nitrogens is 1. The van der Waals surface area contributed by atoms with Gasteiger partial charge in [0.05, 0.1) is 0 Å². The van der Waals surface area contributed by atoms with Crippen LogP contribution in [0.2, 0.25) is 5.02 Å². The van der Waals surface area contributed by atoms with Crippen molar-refractivity contribution in [2.45, 2.75) is 52.2 Å². The lowest BCUT2D eigenvalue weighted by atomic mass is 10.1. The molecule has 0 spiro atoms. The highest BCUT2D eigenvalue weighted by Gasteiger charge is 2.30. The first-order valence-corrected chi connectivity index (χ1v) is 12.7. The van der Waals surface area contributed by atoms with E-state index in [1.807, 2.05) is 76.2 Å². The molecule has 1 fully saturated rings. The minimum absolute atomic E-state index is 0.0942. The minimum atomic E-state index is -0.539. The average Bonchev–Trinajstić information content (AvgIpc) is 3.43. The van der Waals surface area contributed by atoms with Crippen molar-refractivity contribution < 1.29 is 18.7 Å². The van der Waals surface area contributed by atoms with Crippen LogP contribution in [0.25, 0.3) is 17.3 Å². The second-order valence-electron chi connectivity index (χ2n) is 10.2. The molecule has 3 aromatic rings. The number of hydrogen-bond donors (Lipinski definition) is 1. The number of amides is 2. The number of ether oxygens (including phenoxy) is 1. The van der Waals surface area contributed by atoms with E-state index in [2.05, 4.69) is 10.3 Å². The Labute approximate surface area is 222 Å². The van der Waals surface area contributed by atoms with Crippen LogP contribution in [0.15, 0.2) is 59.0 Å². The van der Waals surface area contributed by atoms with Gasteiger partial charge in [-0.3, -0.25) is 4.79 Å². The summed E-state index contributed by atoms with van der Waals surface area (Å²) in [5.74, 6) is 1.18. The third-order valence-corrected chi connectivity index (χ3v) is 6.12. The lowest BCUT2D eigenvalue weighted by Gasteiger charge is -2.24. The smallest absolute Gasteiger partial charge is 0.410 e. The van der Waals surface area contributed by atoms with E-state index in [9.17, 15) is 9.59 Å². The maximum Gasteiger partial charge on any atom is 0.410 e. The molecule has 8 heteroatoms. The molecule has 4 rings (SSSR count). The summed E-state index contributed by atoms with van der Waals surface area (Å²) in [4.78, 5) is 30.9. The molecule has 1 N–H and O–H groups in total. The van der Waals surface area contributed by atoms with Gasteiger partial charge in [-0.2, -0.15) is 0 Å². The number of oxazole rings is 1. The third kappa shape index (κ3) is 7.46. The van der Waals surface area contributed by atoms with Gasteiger partial charge in [0.25, 0.3) is 0 Å². The van der Waals surface area contributed by atoms with E-state index in [4.69, 9.17) is 20.8 Å². The Kier molecular flexibility index (Phi) is 8.03. The molecule has 2 amide bonds. The van der Waals surface area contributed by atoms with Crippen molar-refractivity contribution in [3.8, 4) is 11.3 Å². The zero-order valence-corrected chi connectivity index (χ0v) is 22.3. The molecule has 0 aliphatic carbocycles. The number of aryl methyl sites for hydroxylation is 1. The van der Waals surface area contributed by atoms with Gasteiger partial charge in [-0.25, -0.2) is 9.78 Å². The van der Waals surface area contributed by atoms with Crippen molar-refractivity contribution in [1.29, 1.82) is 0 Å². The zero-order chi connectivity index (χ0) is 26.6. The molecule has 1 aliphatic rings. The van der Waals surface area contributed by atoms with Crippen LogP contribution in [-0.4, -0.2) is 46.6 Å². The molecule has 1 aromatic heterocycles. The first-order chi connectivity index (χ1) is 17.6. The Bertz CT molecular complexity index is 1290. The van der Waals surface area contributed by atoms with Crippen LogP contribution >= 0.6 is 11.6 Å². The summed E-state index contributed by atoms with van der Waals surface area (Å²) in [7, 11) is 0. The van der Waals surface area contributed by atoms with Gasteiger partial charge in [-0.1, -0.05) is 48.0 Å². The van der Waals surface area contributed by atoms with Crippen molar-refractivity contribution in [1.82, 2.24) is 15.2 Å². The Morgan fingerprint density at radius 1 is 1.22 bits per heavy atom. The number of nitrogens with one attached hydrogen (secondary N) is 1. The van der Waals surface area contributed by atoms with E-state index in [1.165, 1.54) is 6.08 Å². The van der Waals surface area contributed by atoms with E-state index in [-0.39, 0.29) is 18.0 Å². The monoisotopic (exact) mass is 521 g/mol. The van der Waals surface area contributed by atoms with Crippen LogP contribution in [0, 0.1) is 6.92 Å². The number of benzene rings is 2. The summed E-state index contributed by atoms with van der Waals surface area (Å²) in [5.41, 5.74) is 3.12. The average molecular weight is 522 g/mol. The highest BCUT2D eigenvalue weighted by molar-refractivity contribution is 6.30. The number of likely N-dealkylation sites (tertiary alicyclic amines) is 1. The van der Waals surface area contributed by atoms with Crippen molar-refractivity contribution in [3.05, 3.63) is 82.4 Å². The van der Waals surface area contributed by atoms with Gasteiger partial charge in [0.2, 0.25) is 5.91 Å². The van der Waals surface area contributed by atoms with Crippen LogP contribution in [0.5, 0.6) is 0 Å². The summed E-state index contributed by atoms with van der Waals surface area (Å²) in [5, 5.41) is 3.65. The van der Waals surface area contributed by atoms with Gasteiger partial charge in [-0.05, 0) is 63.5 Å². The van der Waals surface area contributed by atoms with Gasteiger partial charge >= 0.3 is 6.09 Å². The summed E-state index contributed by atoms with van der Waals surface area (Å²) in [6.07, 6.45) is 4.19. The van der Waals surface area contributed by atoms with Gasteiger partial charge in [-0.15, -0.1) is 0 Å². The Balaban J connectivity index is 1.31. The molecule has 1 aliphatic heterocycles. The van der Waals surface area contributed by atoms with Gasteiger partial charge in [0, 0.05) is 42.2 Å². The molecule has 7 nitrogen and oxygen atoms in total. The predicted molar refractivity (Wildman–Crippen MR) is 144 cm³/mol. The Morgan fingerprint density at radius 2 is 1.97 bits per heavy atom. The largest absolute Gasteiger partial charge is 0.445 e. The minimum Gasteiger partial charge on any atom is -0.445 e. The highest BCUT2D eigenvalue weighted by Crippen LogP contribution is 2.25. The zero-order valence-electron chi connectivity index (χ0n) is 21.6. The van der Waals surface area contributed by atoms with E-state index in [1.54, 1.807) is 11.0 Å². The maximum absolute atomic E-state index is 12.4. The fraction of sp³-hybridized carbons (Fsp3) is 0.345. The molecule has 2 heterocycles. The summed E-state index contributed by atoms with van der Waals surface area (Å²) in [6, 6.07) is 15.3. The van der Waals surface area contributed by atoms with E-state index >= 15 is 0 Å². The summed E-state index contributed by atoms with van der Waals surface area (Å²) >= 11 is 6.08. The fourth-order valence-electron chi connectivity index (χ4n) is 4.16. The first kappa shape index (κ1) is 26.5. The van der Waals surface area contributed by atoms with Crippen LogP contribution < -0.4 is 5.32 Å². The number of halogens is 1. The molecule has 1 atom stereocenters. The lowest BCUT2D eigenvalue weighted by molar-refractivity contribution is -0.117. The van der Waals surface area contributed by atoms with Crippen LogP contribution in [0.3, 0.4) is 0 Å². The van der Waals surface area contributed by atoms with Crippen LogP contribution in [-0.2, 0) is 16.0 Å². The van der Waals surface area contributed by atoms with Gasteiger partial charge < -0.3 is 19.4 Å². The first-order valence-electron chi connectivity index (χ1n) is 12.3. The third-order valence-electron chi connectivity index (χ3n) is 5.88. The van der Waals surface area contributed by atoms with E-state index in [0.717, 1.165) is 28.1 Å². The molecule has 0 radical (unpaired) electrons. The molecular formula is C29H32ClN3O4. The number of carbonyl (C=O) groups excluding carboxylic acids is 2. The van der Waals surface area contributed by atoms with Crippen molar-refractivity contribution in [2.24, 2.45) is 0 Å². The molecule has 37 heavy (non-hydrogen) atoms. The molecule has 2 aromatic carbocycles. The van der Waals surface area contributed by atoms with Gasteiger partial charge in [0.15, 0.2) is 5.89 Å². The summed E-state index contributed by atoms with van der Waals surface area (Å²) < 4.78 is 11.3. The van der Waals surface area contributed by atoms with Crippen molar-refractivity contribution in [2.75, 3.05) is 13.1 Å². The van der Waals surface area contributed by atoms with Crippen molar-refractivity contribution >= 4 is 29.7 Å². The number of rotatable bonds is 6. The quantitative estimate of drug-likeness (QED) is 0.400. The molecule has 1 saturated heterocycles. The van der Waals surface area contributed by atoms with Crippen molar-refractivity contribution in [3.63, 3.8) is 0 Å². The molecule has 194 valence electrons. The number of hydrogen-bond acceptors (Lipinski definition) is 5. The second kappa shape index (κ2) is 11.2. The van der Waals surface area contributed by atoms with Crippen LogP contribution in [0.4, 0.5) is 4.79 Å². The number of carbonyl (C=O) groups is 2. The lowest BCUT2D eigenvalue weighted by Crippen LogP contribution is -2.39. The topological polar surface area (TPSA) is 84.7 Å². The maximum atomic E-state index is 12.4. The van der Waals surface area contributed by atoms with E-state index < -0.39 is 5.60 Å². The van der Waals surface area contributed by atoms with Crippen LogP contribution in [0.1, 0.15) is 50.0 Å². The highest BCUT2D eigenvalue weighted by atomic mass is 35.5. The standard InChI is InChI=1S/C29H32ClN3O4/c1-19-27(32-26(36-19)17-21-6-5-7-23(30)16-21)22-11-8-20(9-12-22)10-13-25(34)31-24-14-15-33(18-24)28(35)37-29(2,3)4/h5-13,16,24H,14-15,17-18H2,1-4H3,(H,31,34)/b13-10+. The fourth-order valence-corrected chi connectivity index (χ4v) is 4.37. The number of nitrogens with zero attached hydrogens (tertiary/aromatic N) is 2. The molecule has 1 unspecified atom stereocenters. The van der Waals surface area contributed by atoms with E-state index in [0.29, 0.717) is 36.8 Å². The molecule has 0 bridgehead atoms.